The Balaban J connectivity index is 1.39. The van der Waals surface area contributed by atoms with Crippen LogP contribution in [0.2, 0.25) is 10.0 Å². The Morgan fingerprint density at radius 2 is 1.70 bits per heavy atom. The molecule has 2 aromatic carbocycles. The number of nitrogens with one attached hydrogen (secondary N) is 1. The van der Waals surface area contributed by atoms with Crippen molar-refractivity contribution in [2.45, 2.75) is 13.0 Å². The smallest absolute Gasteiger partial charge is 0.162 e. The number of nitrogens with zero attached hydrogens (tertiary/aromatic N) is 3. The summed E-state index contributed by atoms with van der Waals surface area (Å²) in [4.78, 5) is 5.59. The highest BCUT2D eigenvalue weighted by Crippen LogP contribution is 2.44. The second kappa shape index (κ2) is 10.8. The minimum absolute atomic E-state index is 0.0151. The van der Waals surface area contributed by atoms with Crippen LogP contribution in [-0.2, 0) is 11.0 Å². The minimum Gasteiger partial charge on any atom is -0.493 e. The number of anilines is 2. The lowest BCUT2D eigenvalue weighted by Crippen LogP contribution is -2.72. The van der Waals surface area contributed by atoms with Crippen LogP contribution >= 0.6 is 23.2 Å². The van der Waals surface area contributed by atoms with Crippen LogP contribution in [0, 0.1) is 22.5 Å². The fraction of sp³-hybridized carbons (Fsp3) is 0.333. The summed E-state index contributed by atoms with van der Waals surface area (Å²) in [5, 5.41) is 9.37. The Kier molecular flexibility index (Phi) is 7.68. The lowest BCUT2D eigenvalue weighted by molar-refractivity contribution is 0.0430. The molecule has 0 aliphatic carbocycles. The van der Waals surface area contributed by atoms with Crippen molar-refractivity contribution in [1.82, 2.24) is 9.29 Å². The zero-order valence-corrected chi connectivity index (χ0v) is 24.3. The number of nitrogen functional groups attached to an aromatic ring is 1. The van der Waals surface area contributed by atoms with Crippen LogP contribution < -0.4 is 20.1 Å². The second-order valence-corrected chi connectivity index (χ2v) is 12.3. The molecule has 1 aromatic heterocycles. The molecular formula is C27H27Cl2F2N5O3S. The Morgan fingerprint density at radius 1 is 1.10 bits per heavy atom. The van der Waals surface area contributed by atoms with E-state index < -0.39 is 28.7 Å². The number of benzene rings is 2. The van der Waals surface area contributed by atoms with Crippen LogP contribution in [0.25, 0.3) is 0 Å². The van der Waals surface area contributed by atoms with Crippen LogP contribution in [0.3, 0.4) is 0 Å². The molecule has 1 unspecified atom stereocenters. The van der Waals surface area contributed by atoms with Crippen molar-refractivity contribution >= 4 is 51.3 Å². The molecule has 2 fully saturated rings. The summed E-state index contributed by atoms with van der Waals surface area (Å²) in [7, 11) is 0.392. The first-order valence-corrected chi connectivity index (χ1v) is 14.5. The average molecular weight is 611 g/mol. The average Bonchev–Trinajstić information content (AvgIpc) is 2.83. The number of rotatable bonds is 8. The third-order valence-electron chi connectivity index (χ3n) is 7.27. The maximum absolute atomic E-state index is 15.2. The highest BCUT2D eigenvalue weighted by Gasteiger charge is 2.53. The van der Waals surface area contributed by atoms with Gasteiger partial charge in [0.25, 0.3) is 0 Å². The standard InChI is InChI=1S/C27H27Cl2F2N5O3S/c1-14(24-17(28)8-34-9-18(24)29)39-23-6-16(21(32)7-22(23)38-2)25(33)15-4-19(30)26(20(31)5-15)35-10-27(11-35)12-36(13-27)40(3)37/h4-9,14,33H,10-13,32H2,1-3H3/t14-,40?/m1/s1. The van der Waals surface area contributed by atoms with Gasteiger partial charge in [-0.15, -0.1) is 0 Å². The third-order valence-corrected chi connectivity index (χ3v) is 8.86. The van der Waals surface area contributed by atoms with Crippen LogP contribution in [0.1, 0.15) is 29.7 Å². The van der Waals surface area contributed by atoms with Crippen molar-refractivity contribution in [2.24, 2.45) is 5.41 Å². The second-order valence-electron chi connectivity index (χ2n) is 10.1. The molecule has 0 saturated carbocycles. The normalized spacial score (nSPS) is 17.6. The Labute approximate surface area is 243 Å². The topological polar surface area (TPSA) is 105 Å². The van der Waals surface area contributed by atoms with E-state index in [-0.39, 0.29) is 39.4 Å². The number of pyridine rings is 1. The van der Waals surface area contributed by atoms with Gasteiger partial charge >= 0.3 is 0 Å². The van der Waals surface area contributed by atoms with E-state index in [2.05, 4.69) is 4.98 Å². The summed E-state index contributed by atoms with van der Waals surface area (Å²) in [6, 6.07) is 5.22. The van der Waals surface area contributed by atoms with Gasteiger partial charge in [0.05, 0.1) is 33.9 Å². The highest BCUT2D eigenvalue weighted by atomic mass is 35.5. The number of methoxy groups -OCH3 is 1. The summed E-state index contributed by atoms with van der Waals surface area (Å²) in [6.45, 7) is 3.96. The zero-order chi connectivity index (χ0) is 28.9. The largest absolute Gasteiger partial charge is 0.493 e. The molecule has 3 N–H and O–H groups in total. The Hall–Kier alpha value is -2.99. The molecule has 8 nitrogen and oxygen atoms in total. The van der Waals surface area contributed by atoms with E-state index in [1.165, 1.54) is 31.6 Å². The summed E-state index contributed by atoms with van der Waals surface area (Å²) in [5.74, 6) is -1.02. The number of hydrogen-bond donors (Lipinski definition) is 2. The van der Waals surface area contributed by atoms with Gasteiger partial charge in [-0.25, -0.2) is 17.3 Å². The molecular weight excluding hydrogens is 583 g/mol. The van der Waals surface area contributed by atoms with Crippen molar-refractivity contribution in [3.8, 4) is 11.5 Å². The summed E-state index contributed by atoms with van der Waals surface area (Å²) >= 11 is 12.6. The Bertz CT molecular complexity index is 1480. The summed E-state index contributed by atoms with van der Waals surface area (Å²) in [6.07, 6.45) is 3.89. The SMILES string of the molecule is COc1cc(N)c(C(=N)c2cc(F)c(N3CC4(C3)CN(S(C)=O)C4)c(F)c2)cc1O[C@H](C)c1c(Cl)cncc1Cl. The van der Waals surface area contributed by atoms with Gasteiger partial charge in [-0.05, 0) is 25.1 Å². The van der Waals surface area contributed by atoms with Crippen molar-refractivity contribution < 1.29 is 22.5 Å². The van der Waals surface area contributed by atoms with Gasteiger partial charge in [0.15, 0.2) is 11.5 Å². The van der Waals surface area contributed by atoms with E-state index in [1.807, 2.05) is 4.31 Å². The van der Waals surface area contributed by atoms with E-state index in [4.69, 9.17) is 43.8 Å². The van der Waals surface area contributed by atoms with Gasteiger partial charge in [-0.2, -0.15) is 0 Å². The molecule has 3 heterocycles. The van der Waals surface area contributed by atoms with Crippen LogP contribution in [0.15, 0.2) is 36.7 Å². The van der Waals surface area contributed by atoms with Gasteiger partial charge in [-0.3, -0.25) is 10.4 Å². The van der Waals surface area contributed by atoms with Crippen molar-refractivity contribution in [3.05, 3.63) is 75.0 Å². The predicted molar refractivity (Wildman–Crippen MR) is 153 cm³/mol. The van der Waals surface area contributed by atoms with Crippen LogP contribution in [-0.4, -0.2) is 58.8 Å². The molecule has 0 bridgehead atoms. The number of halogens is 4. The fourth-order valence-corrected chi connectivity index (χ4v) is 6.86. The lowest BCUT2D eigenvalue weighted by atomic mass is 9.74. The monoisotopic (exact) mass is 609 g/mol. The van der Waals surface area contributed by atoms with Crippen LogP contribution in [0.4, 0.5) is 20.2 Å². The van der Waals surface area contributed by atoms with Crippen molar-refractivity contribution in [3.63, 3.8) is 0 Å². The van der Waals surface area contributed by atoms with E-state index in [0.717, 1.165) is 12.1 Å². The van der Waals surface area contributed by atoms with E-state index in [1.54, 1.807) is 18.1 Å². The molecule has 0 radical (unpaired) electrons. The number of nitrogens with two attached hydrogens (primary N) is 1. The third kappa shape index (κ3) is 5.11. The summed E-state index contributed by atoms with van der Waals surface area (Å²) < 4.78 is 55.4. The van der Waals surface area contributed by atoms with Crippen molar-refractivity contribution in [2.75, 3.05) is 50.2 Å². The quantitative estimate of drug-likeness (QED) is 0.268. The maximum atomic E-state index is 15.2. The van der Waals surface area contributed by atoms with Gasteiger partial charge in [0.2, 0.25) is 0 Å². The highest BCUT2D eigenvalue weighted by molar-refractivity contribution is 7.81. The van der Waals surface area contributed by atoms with Gasteiger partial charge in [0, 0.05) is 78.7 Å². The first kappa shape index (κ1) is 28.5. The van der Waals surface area contributed by atoms with Crippen LogP contribution in [0.5, 0.6) is 11.5 Å². The molecule has 2 aliphatic heterocycles. The molecule has 2 atom stereocenters. The molecule has 40 heavy (non-hydrogen) atoms. The predicted octanol–water partition coefficient (Wildman–Crippen LogP) is 5.23. The van der Waals surface area contributed by atoms with Crippen molar-refractivity contribution in [1.29, 1.82) is 5.41 Å². The lowest BCUT2D eigenvalue weighted by Gasteiger charge is -2.60. The zero-order valence-electron chi connectivity index (χ0n) is 21.9. The molecule has 2 saturated heterocycles. The molecule has 13 heteroatoms. The molecule has 3 aromatic rings. The molecule has 2 aliphatic rings. The molecule has 1 spiro atoms. The van der Waals surface area contributed by atoms with E-state index >= 15 is 8.78 Å². The Morgan fingerprint density at radius 3 is 2.25 bits per heavy atom. The van der Waals surface area contributed by atoms with E-state index in [0.29, 0.717) is 47.5 Å². The molecule has 0 amide bonds. The van der Waals surface area contributed by atoms with Gasteiger partial charge in [-0.1, -0.05) is 23.2 Å². The number of ether oxygens (including phenoxy) is 2. The molecule has 5 rings (SSSR count). The van der Waals surface area contributed by atoms with E-state index in [9.17, 15) is 4.21 Å². The molecule has 212 valence electrons. The van der Waals surface area contributed by atoms with Gasteiger partial charge < -0.3 is 20.1 Å². The fourth-order valence-electron chi connectivity index (χ4n) is 5.28. The minimum atomic E-state index is -1.05. The first-order valence-electron chi connectivity index (χ1n) is 12.3. The number of hydrogen-bond acceptors (Lipinski definition) is 7. The first-order chi connectivity index (χ1) is 18.9. The van der Waals surface area contributed by atoms with Gasteiger partial charge in [0.1, 0.15) is 23.4 Å². The maximum Gasteiger partial charge on any atom is 0.162 e. The summed E-state index contributed by atoms with van der Waals surface area (Å²) in [5.41, 5.74) is 6.69. The number of aromatic nitrogens is 1.